The lowest BCUT2D eigenvalue weighted by Crippen LogP contribution is -2.55. The molecule has 0 aliphatic heterocycles. The Morgan fingerprint density at radius 3 is 2.07 bits per heavy atom. The zero-order valence-corrected chi connectivity index (χ0v) is 10.1. The molecular weight excluding hydrogens is 220 g/mol. The van der Waals surface area contributed by atoms with Gasteiger partial charge in [-0.1, -0.05) is 13.8 Å². The molecule has 0 aromatic rings. The van der Waals surface area contributed by atoms with Crippen molar-refractivity contribution in [2.75, 3.05) is 19.8 Å². The number of hydrogen-bond acceptors (Lipinski definition) is 4. The molecule has 0 unspecified atom stereocenters. The molecule has 0 aromatic carbocycles. The van der Waals surface area contributed by atoms with Gasteiger partial charge in [-0.2, -0.15) is 13.1 Å². The first-order valence-electron chi connectivity index (χ1n) is 4.75. The van der Waals surface area contributed by atoms with Crippen LogP contribution < -0.4 is 9.44 Å². The molecule has 0 amide bonds. The summed E-state index contributed by atoms with van der Waals surface area (Å²) in [5.41, 5.74) is -1.23. The summed E-state index contributed by atoms with van der Waals surface area (Å²) in [5.74, 6) is 0.191. The van der Waals surface area contributed by atoms with Gasteiger partial charge in [0.1, 0.15) is 0 Å². The molecule has 0 saturated carbocycles. The Hall–Kier alpha value is -0.210. The summed E-state index contributed by atoms with van der Waals surface area (Å²) in [6.45, 7) is 4.54. The lowest BCUT2D eigenvalue weighted by molar-refractivity contribution is 0.121. The third-order valence-corrected chi connectivity index (χ3v) is 3.07. The van der Waals surface area contributed by atoms with Crippen LogP contribution >= 0.6 is 0 Å². The molecule has 0 rings (SSSR count). The van der Waals surface area contributed by atoms with Crippen LogP contribution in [0.25, 0.3) is 0 Å². The minimum absolute atomic E-state index is 0.191. The highest BCUT2D eigenvalue weighted by molar-refractivity contribution is 7.87. The number of hydrogen-bond donors (Lipinski definition) is 4. The van der Waals surface area contributed by atoms with Crippen molar-refractivity contribution in [1.29, 1.82) is 0 Å². The number of nitrogens with one attached hydrogen (secondary N) is 2. The van der Waals surface area contributed by atoms with Crippen molar-refractivity contribution >= 4 is 10.2 Å². The first-order chi connectivity index (χ1) is 6.74. The molecule has 0 bridgehead atoms. The number of aliphatic hydroxyl groups excluding tert-OH is 2. The summed E-state index contributed by atoms with van der Waals surface area (Å²) in [6, 6.07) is 0. The van der Waals surface area contributed by atoms with Gasteiger partial charge in [-0.25, -0.2) is 4.72 Å². The topological polar surface area (TPSA) is 98.7 Å². The highest BCUT2D eigenvalue weighted by Gasteiger charge is 2.28. The van der Waals surface area contributed by atoms with E-state index in [2.05, 4.69) is 9.44 Å². The summed E-state index contributed by atoms with van der Waals surface area (Å²) in [7, 11) is -3.68. The van der Waals surface area contributed by atoms with Crippen LogP contribution in [-0.2, 0) is 10.2 Å². The normalized spacial score (nSPS) is 13.5. The van der Waals surface area contributed by atoms with Crippen LogP contribution in [0.4, 0.5) is 0 Å². The van der Waals surface area contributed by atoms with Crippen molar-refractivity contribution in [3.63, 3.8) is 0 Å². The first kappa shape index (κ1) is 14.8. The quantitative estimate of drug-likeness (QED) is 0.450. The van der Waals surface area contributed by atoms with Gasteiger partial charge in [-0.3, -0.25) is 0 Å². The van der Waals surface area contributed by atoms with E-state index in [0.29, 0.717) is 6.54 Å². The average Bonchev–Trinajstić information content (AvgIpc) is 2.14. The summed E-state index contributed by atoms with van der Waals surface area (Å²) >= 11 is 0. The Morgan fingerprint density at radius 2 is 1.73 bits per heavy atom. The monoisotopic (exact) mass is 240 g/mol. The van der Waals surface area contributed by atoms with Crippen LogP contribution in [0, 0.1) is 5.92 Å². The van der Waals surface area contributed by atoms with Crippen molar-refractivity contribution in [2.45, 2.75) is 26.3 Å². The van der Waals surface area contributed by atoms with E-state index in [1.165, 1.54) is 6.92 Å². The maximum absolute atomic E-state index is 11.4. The third kappa shape index (κ3) is 6.06. The second kappa shape index (κ2) is 5.76. The Kier molecular flexibility index (Phi) is 5.68. The zero-order chi connectivity index (χ0) is 12.1. The van der Waals surface area contributed by atoms with Crippen LogP contribution in [0.15, 0.2) is 0 Å². The molecule has 0 spiro atoms. The Labute approximate surface area is 90.9 Å². The average molecular weight is 240 g/mol. The lowest BCUT2D eigenvalue weighted by Gasteiger charge is -2.26. The van der Waals surface area contributed by atoms with Crippen molar-refractivity contribution in [1.82, 2.24) is 9.44 Å². The van der Waals surface area contributed by atoms with Gasteiger partial charge in [0.25, 0.3) is 10.2 Å². The van der Waals surface area contributed by atoms with E-state index in [-0.39, 0.29) is 5.92 Å². The second-order valence-corrected chi connectivity index (χ2v) is 5.72. The lowest BCUT2D eigenvalue weighted by atomic mass is 10.1. The summed E-state index contributed by atoms with van der Waals surface area (Å²) in [5, 5.41) is 17.8. The zero-order valence-electron chi connectivity index (χ0n) is 9.32. The number of aliphatic hydroxyl groups is 2. The molecule has 7 heteroatoms. The summed E-state index contributed by atoms with van der Waals surface area (Å²) in [4.78, 5) is 0. The van der Waals surface area contributed by atoms with E-state index in [1.54, 1.807) is 0 Å². The van der Waals surface area contributed by atoms with Crippen LogP contribution in [0.5, 0.6) is 0 Å². The highest BCUT2D eigenvalue weighted by atomic mass is 32.2. The summed E-state index contributed by atoms with van der Waals surface area (Å²) < 4.78 is 27.4. The van der Waals surface area contributed by atoms with Gasteiger partial charge >= 0.3 is 0 Å². The smallest absolute Gasteiger partial charge is 0.277 e. The van der Waals surface area contributed by atoms with E-state index >= 15 is 0 Å². The van der Waals surface area contributed by atoms with Crippen molar-refractivity contribution in [3.8, 4) is 0 Å². The molecule has 0 aliphatic rings. The molecule has 0 aliphatic carbocycles. The van der Waals surface area contributed by atoms with Crippen LogP contribution in [-0.4, -0.2) is 43.9 Å². The largest absolute Gasteiger partial charge is 0.394 e. The highest BCUT2D eigenvalue weighted by Crippen LogP contribution is 2.02. The molecule has 6 nitrogen and oxygen atoms in total. The summed E-state index contributed by atoms with van der Waals surface area (Å²) in [6.07, 6.45) is 0. The maximum atomic E-state index is 11.4. The van der Waals surface area contributed by atoms with Crippen LogP contribution in [0.3, 0.4) is 0 Å². The first-order valence-corrected chi connectivity index (χ1v) is 6.23. The second-order valence-electron chi connectivity index (χ2n) is 4.22. The minimum atomic E-state index is -3.68. The van der Waals surface area contributed by atoms with Gasteiger partial charge in [0.05, 0.1) is 18.8 Å². The molecule has 0 fully saturated rings. The van der Waals surface area contributed by atoms with Crippen molar-refractivity contribution < 1.29 is 18.6 Å². The fourth-order valence-corrected chi connectivity index (χ4v) is 2.15. The Balaban J connectivity index is 4.37. The van der Waals surface area contributed by atoms with Gasteiger partial charge in [0.2, 0.25) is 0 Å². The van der Waals surface area contributed by atoms with Crippen LogP contribution in [0.2, 0.25) is 0 Å². The molecular formula is C8H20N2O4S. The number of rotatable bonds is 7. The maximum Gasteiger partial charge on any atom is 0.277 e. The Bertz CT molecular complexity index is 272. The fraction of sp³-hybridized carbons (Fsp3) is 1.00. The molecule has 92 valence electrons. The molecule has 0 heterocycles. The van der Waals surface area contributed by atoms with Crippen molar-refractivity contribution in [2.24, 2.45) is 5.92 Å². The van der Waals surface area contributed by atoms with Gasteiger partial charge in [-0.05, 0) is 12.8 Å². The van der Waals surface area contributed by atoms with E-state index in [4.69, 9.17) is 10.2 Å². The standard InChI is InChI=1S/C8H20N2O4S/c1-7(2)4-9-15(13,14)10-8(3,5-11)6-12/h7,9-12H,4-6H2,1-3H3. The molecule has 0 aromatic heterocycles. The van der Waals surface area contributed by atoms with Gasteiger partial charge < -0.3 is 10.2 Å². The van der Waals surface area contributed by atoms with E-state index in [9.17, 15) is 8.42 Å². The molecule has 0 atom stereocenters. The molecule has 4 N–H and O–H groups in total. The third-order valence-electron chi connectivity index (χ3n) is 1.76. The van der Waals surface area contributed by atoms with Crippen molar-refractivity contribution in [3.05, 3.63) is 0 Å². The van der Waals surface area contributed by atoms with Gasteiger partial charge in [-0.15, -0.1) is 0 Å². The van der Waals surface area contributed by atoms with Crippen LogP contribution in [0.1, 0.15) is 20.8 Å². The molecule has 0 radical (unpaired) electrons. The SMILES string of the molecule is CC(C)CNS(=O)(=O)NC(C)(CO)CO. The Morgan fingerprint density at radius 1 is 1.27 bits per heavy atom. The molecule has 0 saturated heterocycles. The van der Waals surface area contributed by atoms with Gasteiger partial charge in [0, 0.05) is 6.54 Å². The minimum Gasteiger partial charge on any atom is -0.394 e. The molecule has 15 heavy (non-hydrogen) atoms. The fourth-order valence-electron chi connectivity index (χ4n) is 0.751. The predicted molar refractivity (Wildman–Crippen MR) is 57.5 cm³/mol. The van der Waals surface area contributed by atoms with E-state index < -0.39 is 29.0 Å². The van der Waals surface area contributed by atoms with Gasteiger partial charge in [0.15, 0.2) is 0 Å². The predicted octanol–water partition coefficient (Wildman–Crippen LogP) is -1.19. The van der Waals surface area contributed by atoms with E-state index in [1.807, 2.05) is 13.8 Å². The van der Waals surface area contributed by atoms with E-state index in [0.717, 1.165) is 0 Å².